The van der Waals surface area contributed by atoms with Crippen molar-refractivity contribution in [3.8, 4) is 11.5 Å². The number of aryl methyl sites for hydroxylation is 4. The Morgan fingerprint density at radius 1 is 0.677 bits per heavy atom. The number of aromatic nitrogens is 8. The second-order valence-corrected chi connectivity index (χ2v) is 15.9. The maximum absolute atomic E-state index is 13.8. The van der Waals surface area contributed by atoms with E-state index in [4.69, 9.17) is 34.6 Å². The molecular formula is C46H59N11O8. The van der Waals surface area contributed by atoms with E-state index in [-0.39, 0.29) is 49.4 Å². The van der Waals surface area contributed by atoms with Gasteiger partial charge in [0.25, 0.3) is 11.8 Å². The number of nitrogens with one attached hydrogen (secondary N) is 2. The molecule has 4 N–H and O–H groups in total. The topological polar surface area (TPSA) is 227 Å². The number of nitrogens with zero attached hydrogens (tertiary/aromatic N) is 8. The molecule has 0 saturated carbocycles. The minimum atomic E-state index is -0.667. The average molecular weight is 894 g/mol. The highest BCUT2D eigenvalue weighted by Crippen LogP contribution is 2.33. The molecule has 19 heteroatoms. The monoisotopic (exact) mass is 893 g/mol. The van der Waals surface area contributed by atoms with E-state index in [1.165, 1.54) is 0 Å². The minimum absolute atomic E-state index is 0.0531. The van der Waals surface area contributed by atoms with Crippen molar-refractivity contribution in [3.05, 3.63) is 82.5 Å². The summed E-state index contributed by atoms with van der Waals surface area (Å²) in [6.45, 7) is 18.1. The van der Waals surface area contributed by atoms with E-state index >= 15 is 0 Å². The molecule has 0 aliphatic rings. The Kier molecular flexibility index (Phi) is 15.9. The summed E-state index contributed by atoms with van der Waals surface area (Å²) in [7, 11) is 0. The van der Waals surface area contributed by atoms with Gasteiger partial charge in [-0.1, -0.05) is 12.2 Å². The Morgan fingerprint density at radius 3 is 1.57 bits per heavy atom. The van der Waals surface area contributed by atoms with E-state index in [1.54, 1.807) is 54.9 Å². The summed E-state index contributed by atoms with van der Waals surface area (Å²) in [6, 6.07) is 9.82. The van der Waals surface area contributed by atoms with Crippen LogP contribution in [0.4, 0.5) is 11.9 Å². The Morgan fingerprint density at radius 2 is 1.14 bits per heavy atom. The zero-order valence-corrected chi connectivity index (χ0v) is 38.3. The number of ether oxygens (including phenoxy) is 4. The molecule has 19 nitrogen and oxygen atoms in total. The number of hydrogen-bond donors (Lipinski definition) is 3. The maximum Gasteiger partial charge on any atom is 0.276 e. The van der Waals surface area contributed by atoms with Crippen molar-refractivity contribution in [2.45, 2.75) is 107 Å². The molecule has 3 amide bonds. The van der Waals surface area contributed by atoms with E-state index in [1.807, 2.05) is 67.5 Å². The molecule has 0 atom stereocenters. The number of rotatable bonds is 24. The molecule has 4 aromatic heterocycles. The van der Waals surface area contributed by atoms with Gasteiger partial charge in [0.1, 0.15) is 40.2 Å². The Hall–Kier alpha value is -6.86. The number of imidazole rings is 2. The Bertz CT molecular complexity index is 2690. The molecule has 6 aromatic rings. The maximum atomic E-state index is 13.8. The number of allylic oxidation sites excluding steroid dienone is 2. The molecule has 0 radical (unpaired) electrons. The highest BCUT2D eigenvalue weighted by Gasteiger charge is 2.23. The van der Waals surface area contributed by atoms with Crippen LogP contribution in [0.1, 0.15) is 107 Å². The fourth-order valence-corrected chi connectivity index (χ4v) is 7.21. The number of fused-ring (bicyclic) bond motifs is 2. The van der Waals surface area contributed by atoms with E-state index < -0.39 is 17.7 Å². The van der Waals surface area contributed by atoms with Crippen molar-refractivity contribution < 1.29 is 38.1 Å². The van der Waals surface area contributed by atoms with Crippen LogP contribution in [0.15, 0.2) is 48.6 Å². The fraction of sp³-hybridized carbons (Fsp3) is 0.435. The SMILES string of the molecule is CCn1nc(C)cc1C(=O)Nc1nc2cc(C=O)cc(OCCCOC(C)C)c2n1C/C=C/Cn1c(NC(=O)c2cc(C)nn2CC)nc2cc(C(N)=O)cc(OCCCOC(C)C)c21. The van der Waals surface area contributed by atoms with Crippen LogP contribution >= 0.6 is 0 Å². The second-order valence-electron chi connectivity index (χ2n) is 15.9. The third kappa shape index (κ3) is 11.6. The number of primary amides is 1. The van der Waals surface area contributed by atoms with E-state index in [9.17, 15) is 19.2 Å². The largest absolute Gasteiger partial charge is 0.491 e. The molecule has 346 valence electrons. The van der Waals surface area contributed by atoms with Crippen LogP contribution < -0.4 is 25.8 Å². The van der Waals surface area contributed by atoms with Crippen LogP contribution in [0.3, 0.4) is 0 Å². The van der Waals surface area contributed by atoms with Crippen LogP contribution in [0.2, 0.25) is 0 Å². The number of amides is 3. The molecule has 2 aromatic carbocycles. The lowest BCUT2D eigenvalue weighted by molar-refractivity contribution is 0.0692. The summed E-state index contributed by atoms with van der Waals surface area (Å²) in [6.07, 6.45) is 5.76. The average Bonchev–Trinajstić information content (AvgIpc) is 4.03. The first-order valence-electron chi connectivity index (χ1n) is 21.9. The first kappa shape index (κ1) is 47.6. The number of carbonyl (C=O) groups is 4. The molecule has 0 bridgehead atoms. The lowest BCUT2D eigenvalue weighted by atomic mass is 10.1. The number of hydrogen-bond acceptors (Lipinski definition) is 12. The van der Waals surface area contributed by atoms with Crippen molar-refractivity contribution in [1.82, 2.24) is 38.7 Å². The number of aldehydes is 1. The van der Waals surface area contributed by atoms with Crippen LogP contribution in [0.5, 0.6) is 11.5 Å². The zero-order valence-electron chi connectivity index (χ0n) is 38.3. The molecule has 0 aliphatic carbocycles. The smallest absolute Gasteiger partial charge is 0.276 e. The van der Waals surface area contributed by atoms with Gasteiger partial charge in [-0.3, -0.25) is 39.2 Å². The summed E-state index contributed by atoms with van der Waals surface area (Å²) >= 11 is 0. The number of nitrogens with two attached hydrogens (primary N) is 1. The molecule has 4 heterocycles. The third-order valence-electron chi connectivity index (χ3n) is 10.1. The van der Waals surface area contributed by atoms with Crippen LogP contribution in [-0.4, -0.2) is 101 Å². The molecule has 6 rings (SSSR count). The first-order valence-corrected chi connectivity index (χ1v) is 21.9. The van der Waals surface area contributed by atoms with Crippen molar-refractivity contribution in [2.75, 3.05) is 37.1 Å². The second kappa shape index (κ2) is 21.7. The highest BCUT2D eigenvalue weighted by atomic mass is 16.5. The molecule has 0 fully saturated rings. The summed E-state index contributed by atoms with van der Waals surface area (Å²) in [4.78, 5) is 61.9. The van der Waals surface area contributed by atoms with Gasteiger partial charge >= 0.3 is 0 Å². The quantitative estimate of drug-likeness (QED) is 0.0337. The summed E-state index contributed by atoms with van der Waals surface area (Å²) in [5, 5.41) is 14.8. The van der Waals surface area contributed by atoms with Gasteiger partial charge in [0, 0.05) is 50.1 Å². The van der Waals surface area contributed by atoms with E-state index in [2.05, 4.69) is 20.8 Å². The lowest BCUT2D eigenvalue weighted by Crippen LogP contribution is -2.20. The van der Waals surface area contributed by atoms with Gasteiger partial charge in [-0.15, -0.1) is 0 Å². The molecule has 0 aliphatic heterocycles. The van der Waals surface area contributed by atoms with Crippen molar-refractivity contribution in [1.29, 1.82) is 0 Å². The highest BCUT2D eigenvalue weighted by molar-refractivity contribution is 6.05. The van der Waals surface area contributed by atoms with E-state index in [0.29, 0.717) is 108 Å². The number of anilines is 2. The minimum Gasteiger partial charge on any atom is -0.491 e. The summed E-state index contributed by atoms with van der Waals surface area (Å²) in [5.41, 5.74) is 10.3. The van der Waals surface area contributed by atoms with Crippen molar-refractivity contribution in [2.24, 2.45) is 5.73 Å². The molecule has 0 saturated heterocycles. The fourth-order valence-electron chi connectivity index (χ4n) is 7.21. The zero-order chi connectivity index (χ0) is 46.8. The van der Waals surface area contributed by atoms with Gasteiger partial charge in [0.15, 0.2) is 0 Å². The molecule has 0 spiro atoms. The standard InChI is InChI=1S/C46H59N11O8/c1-9-56-36(21-30(7)52-56)43(60)50-45-48-34-23-32(27-58)24-38(64-19-13-17-62-28(3)4)40(34)54(45)15-11-12-16-55-41-35(49-46(55)51-44(61)37-22-31(8)53-57(37)10-2)25-33(42(47)59)26-39(41)65-20-14-18-63-29(5)6/h11-12,21-29H,9-10,13-20H2,1-8H3,(H2,47,59)(H,48,50,60)(H,49,51,61)/b12-11+. The predicted molar refractivity (Wildman–Crippen MR) is 246 cm³/mol. The molecule has 0 unspecified atom stereocenters. The van der Waals surface area contributed by atoms with Gasteiger partial charge in [-0.25, -0.2) is 9.97 Å². The number of carbonyl (C=O) groups excluding carboxylic acids is 4. The van der Waals surface area contributed by atoms with Crippen LogP contribution in [-0.2, 0) is 35.7 Å². The van der Waals surface area contributed by atoms with Crippen molar-refractivity contribution in [3.63, 3.8) is 0 Å². The van der Waals surface area contributed by atoms with Gasteiger partial charge in [0.05, 0.1) is 61.1 Å². The van der Waals surface area contributed by atoms with Gasteiger partial charge in [-0.05, 0) is 91.8 Å². The van der Waals surface area contributed by atoms with Gasteiger partial charge < -0.3 is 33.8 Å². The summed E-state index contributed by atoms with van der Waals surface area (Å²) in [5.74, 6) is -0.363. The summed E-state index contributed by atoms with van der Waals surface area (Å²) < 4.78 is 30.8. The third-order valence-corrected chi connectivity index (χ3v) is 10.1. The van der Waals surface area contributed by atoms with E-state index in [0.717, 1.165) is 6.29 Å². The number of benzene rings is 2. The van der Waals surface area contributed by atoms with Crippen LogP contribution in [0, 0.1) is 13.8 Å². The van der Waals surface area contributed by atoms with Crippen LogP contribution in [0.25, 0.3) is 22.1 Å². The lowest BCUT2D eigenvalue weighted by Gasteiger charge is -2.14. The molecular weight excluding hydrogens is 835 g/mol. The normalized spacial score (nSPS) is 11.7. The predicted octanol–water partition coefficient (Wildman–Crippen LogP) is 6.50. The Balaban J connectivity index is 1.40. The first-order chi connectivity index (χ1) is 31.2. The molecule has 65 heavy (non-hydrogen) atoms. The van der Waals surface area contributed by atoms with Gasteiger partial charge in [0.2, 0.25) is 17.8 Å². The van der Waals surface area contributed by atoms with Gasteiger partial charge in [-0.2, -0.15) is 10.2 Å². The van der Waals surface area contributed by atoms with Crippen molar-refractivity contribution >= 4 is 58.0 Å². The Labute approximate surface area is 377 Å².